The minimum absolute atomic E-state index is 0.135. The van der Waals surface area contributed by atoms with Gasteiger partial charge in [0.2, 0.25) is 5.89 Å². The van der Waals surface area contributed by atoms with Gasteiger partial charge in [-0.15, -0.1) is 0 Å². The van der Waals surface area contributed by atoms with Crippen LogP contribution in [0.3, 0.4) is 0 Å². The first kappa shape index (κ1) is 18.0. The molecule has 4 heteroatoms. The molecule has 0 atom stereocenters. The maximum Gasteiger partial charge on any atom is 0.255 e. The summed E-state index contributed by atoms with van der Waals surface area (Å²) in [5.74, 6) is 0.412. The number of hydrogen-bond donors (Lipinski definition) is 1. The highest BCUT2D eigenvalue weighted by Crippen LogP contribution is 2.29. The minimum Gasteiger partial charge on any atom is -0.436 e. The van der Waals surface area contributed by atoms with E-state index in [1.807, 2.05) is 76.2 Å². The molecule has 1 heterocycles. The number of aromatic nitrogens is 1. The zero-order valence-corrected chi connectivity index (χ0v) is 16.5. The summed E-state index contributed by atoms with van der Waals surface area (Å²) in [5, 5.41) is 2.96. The lowest BCUT2D eigenvalue weighted by molar-refractivity contribution is 0.102. The van der Waals surface area contributed by atoms with Crippen molar-refractivity contribution in [2.24, 2.45) is 0 Å². The average Bonchev–Trinajstić information content (AvgIpc) is 3.08. The van der Waals surface area contributed by atoms with Crippen LogP contribution in [0.1, 0.15) is 32.6 Å². The third-order valence-corrected chi connectivity index (χ3v) is 4.96. The van der Waals surface area contributed by atoms with Crippen molar-refractivity contribution < 1.29 is 9.21 Å². The Morgan fingerprint density at radius 1 is 0.893 bits per heavy atom. The molecule has 1 N–H and O–H groups in total. The molecule has 4 nitrogen and oxygen atoms in total. The highest BCUT2D eigenvalue weighted by molar-refractivity contribution is 6.04. The van der Waals surface area contributed by atoms with E-state index < -0.39 is 0 Å². The van der Waals surface area contributed by atoms with Crippen molar-refractivity contribution in [2.75, 3.05) is 5.32 Å². The van der Waals surface area contributed by atoms with Gasteiger partial charge in [-0.05, 0) is 86.3 Å². The number of benzene rings is 3. The molecular formula is C24H22N2O2. The first-order chi connectivity index (χ1) is 13.4. The molecule has 0 saturated heterocycles. The average molecular weight is 370 g/mol. The standard InChI is InChI=1S/C24H22N2O2/c1-14-10-17(4)22-21(11-14)26-24(28-22)19-6-5-7-20(13-19)25-23(27)18-9-8-15(2)16(3)12-18/h5-13H,1-4H3,(H,25,27). The molecule has 0 aliphatic carbocycles. The van der Waals surface area contributed by atoms with E-state index in [4.69, 9.17) is 4.42 Å². The van der Waals surface area contributed by atoms with Crippen LogP contribution in [0.5, 0.6) is 0 Å². The number of oxazole rings is 1. The fourth-order valence-electron chi connectivity index (χ4n) is 3.32. The molecule has 1 aromatic heterocycles. The number of nitrogens with zero attached hydrogens (tertiary/aromatic N) is 1. The van der Waals surface area contributed by atoms with E-state index in [2.05, 4.69) is 16.4 Å². The first-order valence-corrected chi connectivity index (χ1v) is 9.27. The third kappa shape index (κ3) is 3.41. The fourth-order valence-corrected chi connectivity index (χ4v) is 3.32. The number of amides is 1. The topological polar surface area (TPSA) is 55.1 Å². The van der Waals surface area contributed by atoms with E-state index in [0.717, 1.165) is 33.4 Å². The summed E-state index contributed by atoms with van der Waals surface area (Å²) in [4.78, 5) is 17.2. The van der Waals surface area contributed by atoms with Crippen LogP contribution >= 0.6 is 0 Å². The number of nitrogens with one attached hydrogen (secondary N) is 1. The molecule has 0 fully saturated rings. The van der Waals surface area contributed by atoms with E-state index in [0.29, 0.717) is 17.1 Å². The number of rotatable bonds is 3. The SMILES string of the molecule is Cc1cc(C)c2oc(-c3cccc(NC(=O)c4ccc(C)c(C)c4)c3)nc2c1. The van der Waals surface area contributed by atoms with Crippen LogP contribution in [0.2, 0.25) is 0 Å². The number of anilines is 1. The molecule has 140 valence electrons. The molecule has 0 aliphatic heterocycles. The Balaban J connectivity index is 1.63. The summed E-state index contributed by atoms with van der Waals surface area (Å²) in [5.41, 5.74) is 8.29. The van der Waals surface area contributed by atoms with Crippen molar-refractivity contribution in [2.45, 2.75) is 27.7 Å². The number of aryl methyl sites for hydroxylation is 4. The van der Waals surface area contributed by atoms with Gasteiger partial charge in [0.25, 0.3) is 5.91 Å². The Bertz CT molecular complexity index is 1200. The van der Waals surface area contributed by atoms with Crippen molar-refractivity contribution in [3.05, 3.63) is 82.4 Å². The van der Waals surface area contributed by atoms with Gasteiger partial charge in [0.15, 0.2) is 5.58 Å². The monoisotopic (exact) mass is 370 g/mol. The normalized spacial score (nSPS) is 11.0. The summed E-state index contributed by atoms with van der Waals surface area (Å²) in [7, 11) is 0. The number of carbonyl (C=O) groups is 1. The maximum atomic E-state index is 12.6. The van der Waals surface area contributed by atoms with Gasteiger partial charge in [-0.25, -0.2) is 4.98 Å². The van der Waals surface area contributed by atoms with Gasteiger partial charge in [0, 0.05) is 16.8 Å². The predicted octanol–water partition coefficient (Wildman–Crippen LogP) is 5.98. The minimum atomic E-state index is -0.135. The van der Waals surface area contributed by atoms with Crippen LogP contribution in [0.15, 0.2) is 59.0 Å². The van der Waals surface area contributed by atoms with Crippen LogP contribution < -0.4 is 5.32 Å². The molecule has 28 heavy (non-hydrogen) atoms. The van der Waals surface area contributed by atoms with Crippen molar-refractivity contribution in [1.82, 2.24) is 4.98 Å². The van der Waals surface area contributed by atoms with Crippen molar-refractivity contribution in [1.29, 1.82) is 0 Å². The Morgan fingerprint density at radius 3 is 2.50 bits per heavy atom. The second-order valence-electron chi connectivity index (χ2n) is 7.28. The van der Waals surface area contributed by atoms with E-state index in [1.165, 1.54) is 5.56 Å². The summed E-state index contributed by atoms with van der Waals surface area (Å²) < 4.78 is 5.99. The lowest BCUT2D eigenvalue weighted by Crippen LogP contribution is -2.12. The molecule has 1 amide bonds. The molecule has 0 spiro atoms. The summed E-state index contributed by atoms with van der Waals surface area (Å²) >= 11 is 0. The second-order valence-corrected chi connectivity index (χ2v) is 7.28. The zero-order chi connectivity index (χ0) is 19.8. The van der Waals surface area contributed by atoms with Gasteiger partial charge in [0.05, 0.1) is 0 Å². The van der Waals surface area contributed by atoms with E-state index in [1.54, 1.807) is 0 Å². The fraction of sp³-hybridized carbons (Fsp3) is 0.167. The van der Waals surface area contributed by atoms with Crippen LogP contribution in [-0.2, 0) is 0 Å². The Hall–Kier alpha value is -3.40. The summed E-state index contributed by atoms with van der Waals surface area (Å²) in [6.07, 6.45) is 0. The van der Waals surface area contributed by atoms with Gasteiger partial charge in [-0.2, -0.15) is 0 Å². The molecule has 0 unspecified atom stereocenters. The largest absolute Gasteiger partial charge is 0.436 e. The lowest BCUT2D eigenvalue weighted by Gasteiger charge is -2.08. The van der Waals surface area contributed by atoms with Crippen LogP contribution in [0.25, 0.3) is 22.6 Å². The Kier molecular flexibility index (Phi) is 4.47. The van der Waals surface area contributed by atoms with Gasteiger partial charge in [-0.3, -0.25) is 4.79 Å². The Labute approximate surface area is 164 Å². The van der Waals surface area contributed by atoms with E-state index >= 15 is 0 Å². The van der Waals surface area contributed by atoms with Crippen LogP contribution in [0, 0.1) is 27.7 Å². The van der Waals surface area contributed by atoms with Crippen LogP contribution in [0.4, 0.5) is 5.69 Å². The molecule has 0 aliphatic rings. The lowest BCUT2D eigenvalue weighted by atomic mass is 10.1. The number of carbonyl (C=O) groups excluding carboxylic acids is 1. The first-order valence-electron chi connectivity index (χ1n) is 9.27. The van der Waals surface area contributed by atoms with Gasteiger partial charge in [0.1, 0.15) is 5.52 Å². The van der Waals surface area contributed by atoms with Crippen molar-refractivity contribution in [3.63, 3.8) is 0 Å². The molecular weight excluding hydrogens is 348 g/mol. The zero-order valence-electron chi connectivity index (χ0n) is 16.5. The van der Waals surface area contributed by atoms with Gasteiger partial charge >= 0.3 is 0 Å². The molecule has 4 rings (SSSR count). The number of fused-ring (bicyclic) bond motifs is 1. The Morgan fingerprint density at radius 2 is 1.71 bits per heavy atom. The van der Waals surface area contributed by atoms with Gasteiger partial charge < -0.3 is 9.73 Å². The molecule has 3 aromatic carbocycles. The van der Waals surface area contributed by atoms with E-state index in [9.17, 15) is 4.79 Å². The van der Waals surface area contributed by atoms with E-state index in [-0.39, 0.29) is 5.91 Å². The quantitative estimate of drug-likeness (QED) is 0.482. The van der Waals surface area contributed by atoms with Crippen molar-refractivity contribution in [3.8, 4) is 11.5 Å². The third-order valence-electron chi connectivity index (χ3n) is 4.96. The predicted molar refractivity (Wildman–Crippen MR) is 113 cm³/mol. The van der Waals surface area contributed by atoms with Crippen molar-refractivity contribution >= 4 is 22.7 Å². The maximum absolute atomic E-state index is 12.6. The number of hydrogen-bond acceptors (Lipinski definition) is 3. The van der Waals surface area contributed by atoms with Gasteiger partial charge in [-0.1, -0.05) is 18.2 Å². The summed E-state index contributed by atoms with van der Waals surface area (Å²) in [6, 6.07) is 17.4. The molecule has 4 aromatic rings. The highest BCUT2D eigenvalue weighted by atomic mass is 16.3. The molecule has 0 bridgehead atoms. The second kappa shape index (κ2) is 6.97. The molecule has 0 saturated carbocycles. The van der Waals surface area contributed by atoms with Crippen LogP contribution in [-0.4, -0.2) is 10.9 Å². The smallest absolute Gasteiger partial charge is 0.255 e. The summed E-state index contributed by atoms with van der Waals surface area (Å²) in [6.45, 7) is 8.10. The highest BCUT2D eigenvalue weighted by Gasteiger charge is 2.12. The molecule has 0 radical (unpaired) electrons.